The minimum Gasteiger partial charge on any atom is -0.485 e. The van der Waals surface area contributed by atoms with Crippen molar-refractivity contribution in [3.8, 4) is 11.5 Å². The monoisotopic (exact) mass is 293 g/mol. The normalized spacial score (nSPS) is 19.4. The highest BCUT2D eigenvalue weighted by Gasteiger charge is 2.37. The van der Waals surface area contributed by atoms with Gasteiger partial charge in [-0.05, 0) is 25.5 Å². The average molecular weight is 293 g/mol. The van der Waals surface area contributed by atoms with Crippen LogP contribution in [0.15, 0.2) is 24.3 Å². The van der Waals surface area contributed by atoms with Crippen LogP contribution in [0.1, 0.15) is 26.7 Å². The number of carboxylic acids is 1. The van der Waals surface area contributed by atoms with Gasteiger partial charge in [0.05, 0.1) is 0 Å². The highest BCUT2D eigenvalue weighted by atomic mass is 16.6. The number of nitrogens with one attached hydrogen (secondary N) is 1. The summed E-state index contributed by atoms with van der Waals surface area (Å²) in [6.07, 6.45) is 0.141. The Morgan fingerprint density at radius 2 is 2.05 bits per heavy atom. The number of ether oxygens (including phenoxy) is 2. The van der Waals surface area contributed by atoms with E-state index in [9.17, 15) is 14.7 Å². The van der Waals surface area contributed by atoms with Crippen molar-refractivity contribution in [2.24, 2.45) is 0 Å². The first-order valence-electron chi connectivity index (χ1n) is 6.90. The lowest BCUT2D eigenvalue weighted by atomic mass is 9.96. The van der Waals surface area contributed by atoms with Crippen LogP contribution in [0.2, 0.25) is 0 Å². The van der Waals surface area contributed by atoms with Gasteiger partial charge in [-0.3, -0.25) is 4.79 Å². The number of amides is 1. The zero-order valence-corrected chi connectivity index (χ0v) is 12.1. The second-order valence-electron chi connectivity index (χ2n) is 5.24. The smallest absolute Gasteiger partial charge is 0.329 e. The van der Waals surface area contributed by atoms with Crippen molar-refractivity contribution in [1.82, 2.24) is 5.32 Å². The fourth-order valence-electron chi connectivity index (χ4n) is 2.22. The van der Waals surface area contributed by atoms with Gasteiger partial charge in [0.1, 0.15) is 12.1 Å². The van der Waals surface area contributed by atoms with E-state index < -0.39 is 23.5 Å². The molecule has 1 aliphatic heterocycles. The first-order chi connectivity index (χ1) is 9.96. The molecule has 0 fully saturated rings. The molecule has 2 rings (SSSR count). The summed E-state index contributed by atoms with van der Waals surface area (Å²) in [5.41, 5.74) is -1.30. The fourth-order valence-corrected chi connectivity index (χ4v) is 2.22. The molecule has 6 nitrogen and oxygen atoms in total. The molecule has 0 bridgehead atoms. The second kappa shape index (κ2) is 6.03. The predicted molar refractivity (Wildman–Crippen MR) is 75.4 cm³/mol. The molecule has 114 valence electrons. The zero-order valence-electron chi connectivity index (χ0n) is 12.1. The van der Waals surface area contributed by atoms with Crippen molar-refractivity contribution in [3.05, 3.63) is 24.3 Å². The maximum absolute atomic E-state index is 12.2. The SMILES string of the molecule is CCCC(C)(NC(=O)C1COc2ccccc2O1)C(=O)O. The molecule has 0 saturated heterocycles. The number of rotatable bonds is 5. The number of benzene rings is 1. The van der Waals surface area contributed by atoms with E-state index in [-0.39, 0.29) is 6.61 Å². The van der Waals surface area contributed by atoms with Crippen LogP contribution in [-0.2, 0) is 9.59 Å². The number of para-hydroxylation sites is 2. The summed E-state index contributed by atoms with van der Waals surface area (Å²) >= 11 is 0. The van der Waals surface area contributed by atoms with Crippen LogP contribution < -0.4 is 14.8 Å². The molecule has 1 aromatic rings. The molecule has 0 aliphatic carbocycles. The van der Waals surface area contributed by atoms with Crippen LogP contribution in [0.4, 0.5) is 0 Å². The van der Waals surface area contributed by atoms with Gasteiger partial charge < -0.3 is 19.9 Å². The van der Waals surface area contributed by atoms with Crippen LogP contribution in [0.25, 0.3) is 0 Å². The van der Waals surface area contributed by atoms with E-state index in [4.69, 9.17) is 9.47 Å². The van der Waals surface area contributed by atoms with Gasteiger partial charge in [0, 0.05) is 0 Å². The van der Waals surface area contributed by atoms with Gasteiger partial charge in [-0.15, -0.1) is 0 Å². The number of hydrogen-bond acceptors (Lipinski definition) is 4. The van der Waals surface area contributed by atoms with Crippen LogP contribution >= 0.6 is 0 Å². The Balaban J connectivity index is 2.06. The van der Waals surface area contributed by atoms with Gasteiger partial charge in [-0.2, -0.15) is 0 Å². The van der Waals surface area contributed by atoms with Crippen LogP contribution in [0.5, 0.6) is 11.5 Å². The quantitative estimate of drug-likeness (QED) is 0.861. The average Bonchev–Trinajstić information content (AvgIpc) is 2.46. The van der Waals surface area contributed by atoms with E-state index in [1.165, 1.54) is 6.92 Å². The molecule has 2 unspecified atom stereocenters. The molecule has 2 N–H and O–H groups in total. The van der Waals surface area contributed by atoms with Gasteiger partial charge in [0.2, 0.25) is 6.10 Å². The van der Waals surface area contributed by atoms with Gasteiger partial charge in [0.25, 0.3) is 5.91 Å². The predicted octanol–water partition coefficient (Wildman–Crippen LogP) is 1.59. The van der Waals surface area contributed by atoms with Crippen molar-refractivity contribution in [1.29, 1.82) is 0 Å². The van der Waals surface area contributed by atoms with Crippen LogP contribution in [-0.4, -0.2) is 35.2 Å². The van der Waals surface area contributed by atoms with Crippen LogP contribution in [0, 0.1) is 0 Å². The van der Waals surface area contributed by atoms with Crippen molar-refractivity contribution < 1.29 is 24.2 Å². The third kappa shape index (κ3) is 3.26. The summed E-state index contributed by atoms with van der Waals surface area (Å²) in [6, 6.07) is 7.05. The minimum atomic E-state index is -1.30. The van der Waals surface area contributed by atoms with Gasteiger partial charge in [-0.1, -0.05) is 25.5 Å². The molecule has 21 heavy (non-hydrogen) atoms. The Bertz CT molecular complexity index is 545. The number of carbonyl (C=O) groups is 2. The molecule has 2 atom stereocenters. The molecule has 0 aromatic heterocycles. The van der Waals surface area contributed by atoms with Gasteiger partial charge in [0.15, 0.2) is 11.5 Å². The lowest BCUT2D eigenvalue weighted by molar-refractivity contribution is -0.149. The standard InChI is InChI=1S/C15H19NO5/c1-3-8-15(2,14(18)19)16-13(17)12-9-20-10-6-4-5-7-11(10)21-12/h4-7,12H,3,8-9H2,1-2H3,(H,16,17)(H,18,19). The van der Waals surface area contributed by atoms with Crippen LogP contribution in [0.3, 0.4) is 0 Å². The molecule has 1 aliphatic rings. The topological polar surface area (TPSA) is 84.9 Å². The van der Waals surface area contributed by atoms with Gasteiger partial charge in [-0.25, -0.2) is 4.79 Å². The fraction of sp³-hybridized carbons (Fsp3) is 0.467. The lowest BCUT2D eigenvalue weighted by Crippen LogP contribution is -2.57. The van der Waals surface area contributed by atoms with Gasteiger partial charge >= 0.3 is 5.97 Å². The molecular weight excluding hydrogens is 274 g/mol. The molecule has 1 heterocycles. The number of fused-ring (bicyclic) bond motifs is 1. The van der Waals surface area contributed by atoms with E-state index >= 15 is 0 Å². The second-order valence-corrected chi connectivity index (χ2v) is 5.24. The van der Waals surface area contributed by atoms with E-state index in [2.05, 4.69) is 5.32 Å². The third-order valence-electron chi connectivity index (χ3n) is 3.42. The summed E-state index contributed by atoms with van der Waals surface area (Å²) in [5, 5.41) is 11.8. The van der Waals surface area contributed by atoms with E-state index in [0.717, 1.165) is 0 Å². The maximum atomic E-state index is 12.2. The van der Waals surface area contributed by atoms with E-state index in [0.29, 0.717) is 24.3 Å². The molecule has 0 spiro atoms. The number of carboxylic acid groups (broad SMARTS) is 1. The highest BCUT2D eigenvalue weighted by molar-refractivity contribution is 5.89. The number of carbonyl (C=O) groups excluding carboxylic acids is 1. The Morgan fingerprint density at radius 3 is 2.67 bits per heavy atom. The van der Waals surface area contributed by atoms with E-state index in [1.54, 1.807) is 18.2 Å². The summed E-state index contributed by atoms with van der Waals surface area (Å²) in [5.74, 6) is -0.481. The molecule has 0 saturated carbocycles. The largest absolute Gasteiger partial charge is 0.485 e. The molecule has 6 heteroatoms. The first kappa shape index (κ1) is 15.2. The summed E-state index contributed by atoms with van der Waals surface area (Å²) in [4.78, 5) is 23.6. The first-order valence-corrected chi connectivity index (χ1v) is 6.90. The Hall–Kier alpha value is -2.24. The minimum absolute atomic E-state index is 0.0602. The van der Waals surface area contributed by atoms with E-state index in [1.807, 2.05) is 13.0 Å². The highest BCUT2D eigenvalue weighted by Crippen LogP contribution is 2.31. The maximum Gasteiger partial charge on any atom is 0.329 e. The molecule has 1 amide bonds. The zero-order chi connectivity index (χ0) is 15.5. The van der Waals surface area contributed by atoms with Crippen molar-refractivity contribution in [3.63, 3.8) is 0 Å². The number of hydrogen-bond donors (Lipinski definition) is 2. The van der Waals surface area contributed by atoms with Crippen molar-refractivity contribution in [2.45, 2.75) is 38.3 Å². The summed E-state index contributed by atoms with van der Waals surface area (Å²) in [7, 11) is 0. The Labute approximate surface area is 123 Å². The molecule has 0 radical (unpaired) electrons. The number of aliphatic carboxylic acids is 1. The third-order valence-corrected chi connectivity index (χ3v) is 3.42. The summed E-state index contributed by atoms with van der Waals surface area (Å²) in [6.45, 7) is 3.42. The van der Waals surface area contributed by atoms with Crippen molar-refractivity contribution in [2.75, 3.05) is 6.61 Å². The Morgan fingerprint density at radius 1 is 1.38 bits per heavy atom. The summed E-state index contributed by atoms with van der Waals surface area (Å²) < 4.78 is 11.0. The molecule has 1 aromatic carbocycles. The molecular formula is C15H19NO5. The lowest BCUT2D eigenvalue weighted by Gasteiger charge is -2.30. The van der Waals surface area contributed by atoms with Crippen molar-refractivity contribution >= 4 is 11.9 Å². The Kier molecular flexibility index (Phi) is 4.35.